The van der Waals surface area contributed by atoms with E-state index in [0.717, 1.165) is 12.1 Å². The first-order chi connectivity index (χ1) is 9.99. The van der Waals surface area contributed by atoms with Gasteiger partial charge in [0.25, 0.3) is 0 Å². The molecule has 1 aromatic heterocycles. The summed E-state index contributed by atoms with van der Waals surface area (Å²) >= 11 is 0. The van der Waals surface area contributed by atoms with Gasteiger partial charge in [-0.3, -0.25) is 4.79 Å². The summed E-state index contributed by atoms with van der Waals surface area (Å²) in [5.41, 5.74) is 3.47. The molecule has 21 heavy (non-hydrogen) atoms. The predicted octanol–water partition coefficient (Wildman–Crippen LogP) is 3.38. The zero-order valence-electron chi connectivity index (χ0n) is 12.6. The van der Waals surface area contributed by atoms with Crippen LogP contribution in [0, 0.1) is 5.41 Å². The van der Waals surface area contributed by atoms with Crippen LogP contribution in [0.2, 0.25) is 0 Å². The third kappa shape index (κ3) is 2.46. The van der Waals surface area contributed by atoms with Crippen LogP contribution in [0.25, 0.3) is 0 Å². The summed E-state index contributed by atoms with van der Waals surface area (Å²) in [5.74, 6) is -0.146. The fraction of sp³-hybridized carbons (Fsp3) is 0.412. The predicted molar refractivity (Wildman–Crippen MR) is 79.8 cm³/mol. The molecule has 1 N–H and O–H groups in total. The summed E-state index contributed by atoms with van der Waals surface area (Å²) in [4.78, 5) is 18.8. The van der Waals surface area contributed by atoms with Gasteiger partial charge in [-0.1, -0.05) is 38.1 Å². The number of H-pyrrole nitrogens is 1. The van der Waals surface area contributed by atoms with Gasteiger partial charge < -0.3 is 9.72 Å². The SMILES string of the molecule is CC(=O)OC(c1cnc[nH]1)C1c2ccccc2CC1(C)C. The van der Waals surface area contributed by atoms with E-state index < -0.39 is 0 Å². The van der Waals surface area contributed by atoms with Crippen molar-refractivity contribution < 1.29 is 9.53 Å². The minimum atomic E-state index is -0.330. The van der Waals surface area contributed by atoms with Crippen molar-refractivity contribution in [2.45, 2.75) is 39.2 Å². The van der Waals surface area contributed by atoms with Crippen molar-refractivity contribution in [1.29, 1.82) is 0 Å². The van der Waals surface area contributed by atoms with E-state index in [1.807, 2.05) is 6.07 Å². The van der Waals surface area contributed by atoms with Crippen LogP contribution >= 0.6 is 0 Å². The summed E-state index contributed by atoms with van der Waals surface area (Å²) in [6.07, 6.45) is 4.02. The molecule has 1 aliphatic carbocycles. The van der Waals surface area contributed by atoms with Gasteiger partial charge >= 0.3 is 5.97 Å². The second-order valence-electron chi connectivity index (χ2n) is 6.38. The summed E-state index contributed by atoms with van der Waals surface area (Å²) in [6.45, 7) is 5.91. The van der Waals surface area contributed by atoms with Crippen LogP contribution in [0.4, 0.5) is 0 Å². The van der Waals surface area contributed by atoms with E-state index in [0.29, 0.717) is 0 Å². The Bertz CT molecular complexity index is 647. The number of carbonyl (C=O) groups is 1. The molecule has 110 valence electrons. The van der Waals surface area contributed by atoms with Crippen molar-refractivity contribution in [3.63, 3.8) is 0 Å². The Labute approximate surface area is 124 Å². The lowest BCUT2D eigenvalue weighted by Crippen LogP contribution is -2.27. The van der Waals surface area contributed by atoms with Crippen molar-refractivity contribution in [3.8, 4) is 0 Å². The van der Waals surface area contributed by atoms with E-state index in [1.165, 1.54) is 18.1 Å². The highest BCUT2D eigenvalue weighted by molar-refractivity contribution is 5.66. The molecule has 2 aromatic rings. The molecule has 2 atom stereocenters. The summed E-state index contributed by atoms with van der Waals surface area (Å²) in [7, 11) is 0. The van der Waals surface area contributed by atoms with E-state index in [9.17, 15) is 4.79 Å². The van der Waals surface area contributed by atoms with Crippen LogP contribution < -0.4 is 0 Å². The van der Waals surface area contributed by atoms with E-state index in [2.05, 4.69) is 42.0 Å². The number of fused-ring (bicyclic) bond motifs is 1. The molecule has 2 unspecified atom stereocenters. The smallest absolute Gasteiger partial charge is 0.303 e. The average molecular weight is 284 g/mol. The number of benzene rings is 1. The second kappa shape index (κ2) is 5.02. The fourth-order valence-corrected chi connectivity index (χ4v) is 3.51. The molecule has 0 amide bonds. The first-order valence-electron chi connectivity index (χ1n) is 7.22. The Balaban J connectivity index is 2.07. The van der Waals surface area contributed by atoms with Crippen LogP contribution in [0.1, 0.15) is 49.6 Å². The number of aromatic nitrogens is 2. The van der Waals surface area contributed by atoms with Crippen LogP contribution in [0.15, 0.2) is 36.8 Å². The molecule has 0 fully saturated rings. The number of carbonyl (C=O) groups excluding carboxylic acids is 1. The number of esters is 1. The molecule has 4 nitrogen and oxygen atoms in total. The minimum Gasteiger partial charge on any atom is -0.455 e. The van der Waals surface area contributed by atoms with Gasteiger partial charge in [-0.05, 0) is 23.0 Å². The Morgan fingerprint density at radius 1 is 1.43 bits per heavy atom. The number of hydrogen-bond donors (Lipinski definition) is 1. The Hall–Kier alpha value is -2.10. The second-order valence-corrected chi connectivity index (χ2v) is 6.38. The number of nitrogens with zero attached hydrogens (tertiary/aromatic N) is 1. The van der Waals surface area contributed by atoms with Crippen molar-refractivity contribution in [1.82, 2.24) is 9.97 Å². The Kier molecular flexibility index (Phi) is 3.32. The first kappa shape index (κ1) is 13.9. The van der Waals surface area contributed by atoms with Gasteiger partial charge in [0.05, 0.1) is 18.2 Å². The zero-order chi connectivity index (χ0) is 15.0. The number of nitrogens with one attached hydrogen (secondary N) is 1. The molecule has 0 saturated heterocycles. The first-order valence-corrected chi connectivity index (χ1v) is 7.22. The molecule has 0 bridgehead atoms. The van der Waals surface area contributed by atoms with E-state index in [-0.39, 0.29) is 23.4 Å². The molecule has 1 heterocycles. The standard InChI is InChI=1S/C17H20N2O2/c1-11(20)21-16(14-9-18-10-19-14)15-13-7-5-4-6-12(13)8-17(15,2)3/h4-7,9-10,15-16H,8H2,1-3H3,(H,18,19). The summed E-state index contributed by atoms with van der Waals surface area (Å²) in [5, 5.41) is 0. The lowest BCUT2D eigenvalue weighted by atomic mass is 9.75. The van der Waals surface area contributed by atoms with Crippen molar-refractivity contribution in [2.75, 3.05) is 0 Å². The van der Waals surface area contributed by atoms with Gasteiger partial charge in [0, 0.05) is 12.8 Å². The van der Waals surface area contributed by atoms with E-state index in [4.69, 9.17) is 4.74 Å². The van der Waals surface area contributed by atoms with Crippen LogP contribution in [0.3, 0.4) is 0 Å². The largest absolute Gasteiger partial charge is 0.455 e. The third-order valence-electron chi connectivity index (χ3n) is 4.30. The minimum absolute atomic E-state index is 0.0227. The van der Waals surface area contributed by atoms with E-state index >= 15 is 0 Å². The molecule has 4 heteroatoms. The molecule has 0 radical (unpaired) electrons. The topological polar surface area (TPSA) is 55.0 Å². The maximum Gasteiger partial charge on any atom is 0.303 e. The van der Waals surface area contributed by atoms with Crippen molar-refractivity contribution in [3.05, 3.63) is 53.6 Å². The maximum absolute atomic E-state index is 11.6. The molecule has 0 saturated carbocycles. The van der Waals surface area contributed by atoms with Crippen LogP contribution in [-0.2, 0) is 16.0 Å². The van der Waals surface area contributed by atoms with Gasteiger partial charge in [0.1, 0.15) is 0 Å². The number of aromatic amines is 1. The molecular weight excluding hydrogens is 264 g/mol. The normalized spacial score (nSPS) is 20.8. The fourth-order valence-electron chi connectivity index (χ4n) is 3.51. The van der Waals surface area contributed by atoms with Crippen LogP contribution in [-0.4, -0.2) is 15.9 Å². The maximum atomic E-state index is 11.6. The molecule has 3 rings (SSSR count). The Morgan fingerprint density at radius 3 is 2.86 bits per heavy atom. The molecular formula is C17H20N2O2. The lowest BCUT2D eigenvalue weighted by Gasteiger charge is -2.33. The molecule has 0 aliphatic heterocycles. The monoisotopic (exact) mass is 284 g/mol. The van der Waals surface area contributed by atoms with E-state index in [1.54, 1.807) is 12.5 Å². The highest BCUT2D eigenvalue weighted by atomic mass is 16.5. The van der Waals surface area contributed by atoms with Gasteiger partial charge in [-0.25, -0.2) is 4.98 Å². The average Bonchev–Trinajstić information content (AvgIpc) is 3.00. The quantitative estimate of drug-likeness (QED) is 0.879. The third-order valence-corrected chi connectivity index (χ3v) is 4.30. The highest BCUT2D eigenvalue weighted by Crippen LogP contribution is 2.53. The van der Waals surface area contributed by atoms with Crippen molar-refractivity contribution in [2.24, 2.45) is 5.41 Å². The Morgan fingerprint density at radius 2 is 2.19 bits per heavy atom. The highest BCUT2D eigenvalue weighted by Gasteiger charge is 2.45. The number of imidazole rings is 1. The molecule has 1 aromatic carbocycles. The zero-order valence-corrected chi connectivity index (χ0v) is 12.6. The van der Waals surface area contributed by atoms with Gasteiger partial charge in [0.15, 0.2) is 6.10 Å². The van der Waals surface area contributed by atoms with Crippen LogP contribution in [0.5, 0.6) is 0 Å². The summed E-state index contributed by atoms with van der Waals surface area (Å²) < 4.78 is 5.66. The molecule has 0 spiro atoms. The van der Waals surface area contributed by atoms with Gasteiger partial charge in [0.2, 0.25) is 0 Å². The van der Waals surface area contributed by atoms with Gasteiger partial charge in [-0.2, -0.15) is 0 Å². The summed E-state index contributed by atoms with van der Waals surface area (Å²) in [6, 6.07) is 8.41. The van der Waals surface area contributed by atoms with Crippen molar-refractivity contribution >= 4 is 5.97 Å². The van der Waals surface area contributed by atoms with Gasteiger partial charge in [-0.15, -0.1) is 0 Å². The number of rotatable bonds is 3. The lowest BCUT2D eigenvalue weighted by molar-refractivity contribution is -0.149. The molecule has 1 aliphatic rings. The number of hydrogen-bond acceptors (Lipinski definition) is 3. The number of ether oxygens (including phenoxy) is 1.